The van der Waals surface area contributed by atoms with Crippen molar-refractivity contribution < 1.29 is 22.8 Å². The second-order valence-electron chi connectivity index (χ2n) is 5.34. The first kappa shape index (κ1) is 23.1. The largest absolute Gasteiger partial charge is 0.389 e. The van der Waals surface area contributed by atoms with Gasteiger partial charge in [0.2, 0.25) is 5.91 Å². The normalized spacial score (nSPS) is 11.4. The van der Waals surface area contributed by atoms with Crippen LogP contribution in [0.5, 0.6) is 0 Å². The van der Waals surface area contributed by atoms with Gasteiger partial charge in [0.25, 0.3) is 0 Å². The Labute approximate surface area is 150 Å². The van der Waals surface area contributed by atoms with E-state index in [-0.39, 0.29) is 24.7 Å². The molecule has 1 amide bonds. The number of hydrazone groups is 1. The van der Waals surface area contributed by atoms with Gasteiger partial charge in [-0.15, -0.1) is 0 Å². The fourth-order valence-electron chi connectivity index (χ4n) is 1.64. The third-order valence-electron chi connectivity index (χ3n) is 2.80. The van der Waals surface area contributed by atoms with Gasteiger partial charge in [-0.25, -0.2) is 5.01 Å². The van der Waals surface area contributed by atoms with Crippen LogP contribution in [0.1, 0.15) is 46.1 Å². The summed E-state index contributed by atoms with van der Waals surface area (Å²) in [5.41, 5.74) is 1.51. The minimum atomic E-state index is -3.95. The van der Waals surface area contributed by atoms with Crippen LogP contribution in [0.4, 0.5) is 13.2 Å². The van der Waals surface area contributed by atoms with E-state index in [4.69, 9.17) is 11.6 Å². The van der Waals surface area contributed by atoms with Gasteiger partial charge in [0.05, 0.1) is 5.71 Å². The monoisotopic (exact) mass is 378 g/mol. The number of rotatable bonds is 5. The Hall–Kier alpha value is -1.89. The highest BCUT2D eigenvalue weighted by molar-refractivity contribution is 6.30. The Bertz CT molecular complexity index is 599. The van der Waals surface area contributed by atoms with Crippen molar-refractivity contribution in [1.82, 2.24) is 5.01 Å². The van der Waals surface area contributed by atoms with Crippen LogP contribution in [-0.2, 0) is 9.59 Å². The lowest BCUT2D eigenvalue weighted by Crippen LogP contribution is -2.29. The molecule has 0 aliphatic rings. The van der Waals surface area contributed by atoms with Gasteiger partial charge >= 0.3 is 6.18 Å². The van der Waals surface area contributed by atoms with Gasteiger partial charge in [0.1, 0.15) is 6.54 Å². The first-order valence-corrected chi connectivity index (χ1v) is 7.99. The molecule has 8 heteroatoms. The van der Waals surface area contributed by atoms with Crippen molar-refractivity contribution >= 4 is 29.0 Å². The van der Waals surface area contributed by atoms with Gasteiger partial charge in [0, 0.05) is 18.4 Å². The Morgan fingerprint density at radius 2 is 1.64 bits per heavy atom. The van der Waals surface area contributed by atoms with Crippen LogP contribution in [0, 0.1) is 0 Å². The third-order valence-corrected chi connectivity index (χ3v) is 3.05. The van der Waals surface area contributed by atoms with E-state index in [1.165, 1.54) is 20.8 Å². The summed E-state index contributed by atoms with van der Waals surface area (Å²) >= 11 is 5.79. The molecule has 0 aromatic heterocycles. The molecule has 0 spiro atoms. The van der Waals surface area contributed by atoms with E-state index in [2.05, 4.69) is 5.10 Å². The van der Waals surface area contributed by atoms with Gasteiger partial charge in [0.15, 0.2) is 5.78 Å². The summed E-state index contributed by atoms with van der Waals surface area (Å²) in [7, 11) is 0. The lowest BCUT2D eigenvalue weighted by atomic mass is 10.1. The minimum Gasteiger partial charge on any atom is -0.298 e. The average molecular weight is 379 g/mol. The highest BCUT2D eigenvalue weighted by Gasteiger charge is 2.24. The van der Waals surface area contributed by atoms with Crippen LogP contribution in [0.15, 0.2) is 29.4 Å². The summed E-state index contributed by atoms with van der Waals surface area (Å²) in [6.45, 7) is 6.07. The number of Topliss-reactive ketones (excluding diaryl/α,β-unsaturated/α-hetero) is 1. The summed E-state index contributed by atoms with van der Waals surface area (Å²) in [5, 5.41) is 5.95. The standard InChI is InChI=1S/C13H15ClN2O2.C4H7F3/c1-9(17)8-16(11(3)18)15-10(2)12-4-6-13(14)7-5-12;1-2-3-4(5,6)7/h4-7H,8H2,1-3H3;2-3H2,1H3/b15-10+;. The van der Waals surface area contributed by atoms with Gasteiger partial charge in [-0.1, -0.05) is 30.7 Å². The number of amides is 1. The van der Waals surface area contributed by atoms with Gasteiger partial charge in [-0.05, 0) is 38.0 Å². The SMILES string of the molecule is CC(=O)CN(/N=C(\C)c1ccc(Cl)cc1)C(C)=O.CCCC(F)(F)F. The molecule has 0 saturated carbocycles. The highest BCUT2D eigenvalue weighted by Crippen LogP contribution is 2.20. The molecule has 0 aliphatic heterocycles. The van der Waals surface area contributed by atoms with E-state index in [0.717, 1.165) is 10.6 Å². The lowest BCUT2D eigenvalue weighted by Gasteiger charge is -2.14. The molecule has 0 fully saturated rings. The molecule has 1 rings (SSSR count). The van der Waals surface area contributed by atoms with Crippen LogP contribution in [0.25, 0.3) is 0 Å². The Morgan fingerprint density at radius 1 is 1.12 bits per heavy atom. The topological polar surface area (TPSA) is 49.7 Å². The number of halogens is 4. The zero-order chi connectivity index (χ0) is 19.6. The second-order valence-corrected chi connectivity index (χ2v) is 5.77. The Kier molecular flexibility index (Phi) is 10.0. The molecule has 25 heavy (non-hydrogen) atoms. The first-order valence-electron chi connectivity index (χ1n) is 7.61. The molecule has 1 aromatic carbocycles. The molecule has 0 unspecified atom stereocenters. The van der Waals surface area contributed by atoms with Crippen molar-refractivity contribution in [2.75, 3.05) is 6.54 Å². The number of carbonyl (C=O) groups is 2. The fourth-order valence-corrected chi connectivity index (χ4v) is 1.77. The van der Waals surface area contributed by atoms with E-state index in [9.17, 15) is 22.8 Å². The maximum atomic E-state index is 11.3. The van der Waals surface area contributed by atoms with Crippen LogP contribution < -0.4 is 0 Å². The van der Waals surface area contributed by atoms with Crippen molar-refractivity contribution in [3.05, 3.63) is 34.9 Å². The van der Waals surface area contributed by atoms with Gasteiger partial charge in [-0.2, -0.15) is 18.3 Å². The zero-order valence-corrected chi connectivity index (χ0v) is 15.4. The van der Waals surface area contributed by atoms with E-state index in [1.807, 2.05) is 12.1 Å². The van der Waals surface area contributed by atoms with Crippen molar-refractivity contribution in [3.8, 4) is 0 Å². The minimum absolute atomic E-state index is 0.0136. The highest BCUT2D eigenvalue weighted by atomic mass is 35.5. The summed E-state index contributed by atoms with van der Waals surface area (Å²) in [5.74, 6) is -0.378. The number of benzene rings is 1. The molecule has 0 heterocycles. The van der Waals surface area contributed by atoms with E-state index in [0.29, 0.717) is 10.7 Å². The number of carbonyl (C=O) groups excluding carboxylic acids is 2. The number of ketones is 1. The van der Waals surface area contributed by atoms with Crippen LogP contribution >= 0.6 is 11.6 Å². The van der Waals surface area contributed by atoms with Crippen molar-refractivity contribution in [1.29, 1.82) is 0 Å². The molecule has 0 atom stereocenters. The predicted molar refractivity (Wildman–Crippen MR) is 92.7 cm³/mol. The maximum absolute atomic E-state index is 11.3. The predicted octanol–water partition coefficient (Wildman–Crippen LogP) is 4.85. The molecular weight excluding hydrogens is 357 g/mol. The van der Waals surface area contributed by atoms with E-state index >= 15 is 0 Å². The van der Waals surface area contributed by atoms with Crippen LogP contribution in [-0.4, -0.2) is 35.1 Å². The Balaban J connectivity index is 0.000000697. The summed E-state index contributed by atoms with van der Waals surface area (Å²) in [4.78, 5) is 22.4. The number of hydrogen-bond acceptors (Lipinski definition) is 3. The smallest absolute Gasteiger partial charge is 0.298 e. The molecular formula is C17H22ClF3N2O2. The zero-order valence-electron chi connectivity index (χ0n) is 14.7. The number of nitrogens with zero attached hydrogens (tertiary/aromatic N) is 2. The quantitative estimate of drug-likeness (QED) is 0.543. The first-order chi connectivity index (χ1) is 11.5. The van der Waals surface area contributed by atoms with E-state index < -0.39 is 12.6 Å². The second kappa shape index (κ2) is 10.9. The molecule has 1 aromatic rings. The molecule has 0 saturated heterocycles. The van der Waals surface area contributed by atoms with E-state index in [1.54, 1.807) is 19.1 Å². The van der Waals surface area contributed by atoms with Gasteiger partial charge < -0.3 is 0 Å². The van der Waals surface area contributed by atoms with Crippen LogP contribution in [0.3, 0.4) is 0 Å². The van der Waals surface area contributed by atoms with Crippen molar-refractivity contribution in [3.63, 3.8) is 0 Å². The third kappa shape index (κ3) is 11.3. The summed E-state index contributed by atoms with van der Waals surface area (Å²) < 4.78 is 33.2. The summed E-state index contributed by atoms with van der Waals surface area (Å²) in [6, 6.07) is 7.12. The van der Waals surface area contributed by atoms with Gasteiger partial charge in [-0.3, -0.25) is 9.59 Å². The maximum Gasteiger partial charge on any atom is 0.389 e. The molecule has 4 nitrogen and oxygen atoms in total. The average Bonchev–Trinajstić information content (AvgIpc) is 2.46. The molecule has 0 aliphatic carbocycles. The number of hydrogen-bond donors (Lipinski definition) is 0. The molecule has 0 bridgehead atoms. The molecule has 0 N–H and O–H groups in total. The fraction of sp³-hybridized carbons (Fsp3) is 0.471. The van der Waals surface area contributed by atoms with Crippen molar-refractivity contribution in [2.24, 2.45) is 5.10 Å². The molecule has 0 radical (unpaired) electrons. The summed E-state index contributed by atoms with van der Waals surface area (Å²) in [6.07, 6.45) is -4.43. The Morgan fingerprint density at radius 3 is 1.96 bits per heavy atom. The van der Waals surface area contributed by atoms with Crippen LogP contribution in [0.2, 0.25) is 5.02 Å². The van der Waals surface area contributed by atoms with Crippen molar-refractivity contribution in [2.45, 2.75) is 46.7 Å². The molecule has 140 valence electrons. The lowest BCUT2D eigenvalue weighted by molar-refractivity contribution is -0.134. The number of alkyl halides is 3.